The molecule has 0 aliphatic rings. The molecule has 1 rings (SSSR count). The summed E-state index contributed by atoms with van der Waals surface area (Å²) >= 11 is 0. The minimum atomic E-state index is -3.70. The van der Waals surface area contributed by atoms with Crippen LogP contribution in [0.1, 0.15) is 18.9 Å². The molecule has 1 aromatic heterocycles. The normalized spacial score (nSPS) is 11.9. The number of hydrogen-bond acceptors (Lipinski definition) is 4. The Labute approximate surface area is 89.5 Å². The highest BCUT2D eigenvalue weighted by Gasteiger charge is 2.18. The average molecular weight is 232 g/mol. The Hall–Kier alpha value is -0.920. The van der Waals surface area contributed by atoms with Crippen molar-refractivity contribution in [3.05, 3.63) is 11.8 Å². The van der Waals surface area contributed by atoms with Crippen LogP contribution in [0.3, 0.4) is 0 Å². The minimum Gasteiger partial charge on any atom is -0.313 e. The third-order valence-corrected chi connectivity index (χ3v) is 3.03. The molecule has 0 atom stereocenters. The van der Waals surface area contributed by atoms with Gasteiger partial charge < -0.3 is 5.32 Å². The van der Waals surface area contributed by atoms with E-state index in [1.165, 1.54) is 10.9 Å². The summed E-state index contributed by atoms with van der Waals surface area (Å²) in [7, 11) is -2.14. The van der Waals surface area contributed by atoms with Gasteiger partial charge in [-0.25, -0.2) is 13.6 Å². The van der Waals surface area contributed by atoms with E-state index in [2.05, 4.69) is 10.4 Å². The van der Waals surface area contributed by atoms with E-state index in [0.717, 1.165) is 13.0 Å². The largest absolute Gasteiger partial charge is 0.313 e. The Morgan fingerprint density at radius 2 is 2.27 bits per heavy atom. The first-order chi connectivity index (χ1) is 6.96. The van der Waals surface area contributed by atoms with Crippen molar-refractivity contribution in [3.8, 4) is 0 Å². The maximum atomic E-state index is 11.3. The van der Waals surface area contributed by atoms with Crippen LogP contribution in [0, 0.1) is 0 Å². The van der Waals surface area contributed by atoms with Gasteiger partial charge in [0.05, 0.1) is 6.20 Å². The average Bonchev–Trinajstić information content (AvgIpc) is 2.47. The van der Waals surface area contributed by atoms with Gasteiger partial charge >= 0.3 is 0 Å². The van der Waals surface area contributed by atoms with Crippen molar-refractivity contribution in [2.75, 3.05) is 6.54 Å². The van der Waals surface area contributed by atoms with Gasteiger partial charge in [0.15, 0.2) is 5.03 Å². The second-order valence-corrected chi connectivity index (χ2v) is 4.80. The topological polar surface area (TPSA) is 90.0 Å². The monoisotopic (exact) mass is 232 g/mol. The summed E-state index contributed by atoms with van der Waals surface area (Å²) < 4.78 is 23.8. The molecular weight excluding hydrogens is 216 g/mol. The van der Waals surface area contributed by atoms with Crippen molar-refractivity contribution in [2.24, 2.45) is 12.2 Å². The van der Waals surface area contributed by atoms with Gasteiger partial charge in [0.1, 0.15) is 0 Å². The van der Waals surface area contributed by atoms with Crippen LogP contribution in [0.2, 0.25) is 0 Å². The minimum absolute atomic E-state index is 0.0751. The van der Waals surface area contributed by atoms with E-state index >= 15 is 0 Å². The van der Waals surface area contributed by atoms with Gasteiger partial charge in [-0.05, 0) is 13.0 Å². The van der Waals surface area contributed by atoms with Gasteiger partial charge in [0.2, 0.25) is 0 Å². The fourth-order valence-corrected chi connectivity index (χ4v) is 2.27. The predicted octanol–water partition coefficient (Wildman–Crippen LogP) is -0.433. The fourth-order valence-electron chi connectivity index (χ4n) is 1.36. The maximum Gasteiger partial charge on any atom is 0.255 e. The lowest BCUT2D eigenvalue weighted by molar-refractivity contribution is 0.572. The van der Waals surface area contributed by atoms with Gasteiger partial charge in [-0.2, -0.15) is 5.10 Å². The highest BCUT2D eigenvalue weighted by molar-refractivity contribution is 7.89. The number of sulfonamides is 1. The standard InChI is InChI=1S/C8H16N4O2S/c1-3-4-10-5-7-6-11-12(2)8(7)15(9,13)14/h6,10H,3-5H2,1-2H3,(H2,9,13,14). The van der Waals surface area contributed by atoms with Crippen LogP contribution in [-0.2, 0) is 23.6 Å². The Morgan fingerprint density at radius 1 is 1.60 bits per heavy atom. The van der Waals surface area contributed by atoms with Crippen LogP contribution in [0.4, 0.5) is 0 Å². The van der Waals surface area contributed by atoms with Gasteiger partial charge in [-0.3, -0.25) is 4.68 Å². The zero-order valence-electron chi connectivity index (χ0n) is 8.90. The summed E-state index contributed by atoms with van der Waals surface area (Å²) in [6, 6.07) is 0. The molecule has 0 amide bonds. The van der Waals surface area contributed by atoms with E-state index < -0.39 is 10.0 Å². The molecule has 0 radical (unpaired) electrons. The molecule has 0 aromatic carbocycles. The van der Waals surface area contributed by atoms with E-state index in [4.69, 9.17) is 5.14 Å². The molecule has 0 spiro atoms. The summed E-state index contributed by atoms with van der Waals surface area (Å²) in [5.74, 6) is 0. The van der Waals surface area contributed by atoms with Crippen LogP contribution in [0.15, 0.2) is 11.2 Å². The molecule has 0 aliphatic carbocycles. The molecule has 0 fully saturated rings. The number of hydrogen-bond donors (Lipinski definition) is 2. The molecule has 1 heterocycles. The SMILES string of the molecule is CCCNCc1cnn(C)c1S(N)(=O)=O. The summed E-state index contributed by atoms with van der Waals surface area (Å²) in [6.45, 7) is 3.34. The van der Waals surface area contributed by atoms with Crippen LogP contribution >= 0.6 is 0 Å². The summed E-state index contributed by atoms with van der Waals surface area (Å²) in [4.78, 5) is 0. The highest BCUT2D eigenvalue weighted by Crippen LogP contribution is 2.11. The molecule has 7 heteroatoms. The third kappa shape index (κ3) is 3.01. The number of aryl methyl sites for hydroxylation is 1. The van der Waals surface area contributed by atoms with Crippen molar-refractivity contribution in [1.82, 2.24) is 15.1 Å². The van der Waals surface area contributed by atoms with Crippen molar-refractivity contribution in [3.63, 3.8) is 0 Å². The van der Waals surface area contributed by atoms with E-state index in [-0.39, 0.29) is 5.03 Å². The number of nitrogens with zero attached hydrogens (tertiary/aromatic N) is 2. The van der Waals surface area contributed by atoms with E-state index in [0.29, 0.717) is 12.1 Å². The predicted molar refractivity (Wildman–Crippen MR) is 56.6 cm³/mol. The molecule has 6 nitrogen and oxygen atoms in total. The van der Waals surface area contributed by atoms with Gasteiger partial charge in [0, 0.05) is 19.2 Å². The van der Waals surface area contributed by atoms with Crippen molar-refractivity contribution in [2.45, 2.75) is 24.9 Å². The summed E-state index contributed by atoms with van der Waals surface area (Å²) in [5, 5.41) is 12.1. The molecule has 15 heavy (non-hydrogen) atoms. The van der Waals surface area contributed by atoms with Gasteiger partial charge in [-0.15, -0.1) is 0 Å². The Bertz CT molecular complexity index is 424. The van der Waals surface area contributed by atoms with Gasteiger partial charge in [-0.1, -0.05) is 6.92 Å². The Kier molecular flexibility index (Phi) is 3.83. The van der Waals surface area contributed by atoms with Gasteiger partial charge in [0.25, 0.3) is 10.0 Å². The van der Waals surface area contributed by atoms with Crippen LogP contribution in [0.5, 0.6) is 0 Å². The maximum absolute atomic E-state index is 11.3. The van der Waals surface area contributed by atoms with Crippen molar-refractivity contribution in [1.29, 1.82) is 0 Å². The number of primary sulfonamides is 1. The van der Waals surface area contributed by atoms with E-state index in [9.17, 15) is 8.42 Å². The number of aromatic nitrogens is 2. The fraction of sp³-hybridized carbons (Fsp3) is 0.625. The smallest absolute Gasteiger partial charge is 0.255 e. The van der Waals surface area contributed by atoms with Crippen LogP contribution in [0.25, 0.3) is 0 Å². The van der Waals surface area contributed by atoms with Crippen molar-refractivity contribution < 1.29 is 8.42 Å². The number of nitrogens with two attached hydrogens (primary N) is 1. The third-order valence-electron chi connectivity index (χ3n) is 1.97. The Morgan fingerprint density at radius 3 is 2.80 bits per heavy atom. The highest BCUT2D eigenvalue weighted by atomic mass is 32.2. The molecule has 0 saturated carbocycles. The number of rotatable bonds is 5. The first kappa shape index (κ1) is 12.2. The van der Waals surface area contributed by atoms with Crippen LogP contribution < -0.4 is 10.5 Å². The lowest BCUT2D eigenvalue weighted by atomic mass is 10.3. The summed E-state index contributed by atoms with van der Waals surface area (Å²) in [5.41, 5.74) is 0.605. The molecule has 0 unspecified atom stereocenters. The molecule has 3 N–H and O–H groups in total. The Balaban J connectivity index is 2.90. The molecular formula is C8H16N4O2S. The second kappa shape index (κ2) is 4.73. The zero-order chi connectivity index (χ0) is 11.5. The number of nitrogens with one attached hydrogen (secondary N) is 1. The van der Waals surface area contributed by atoms with Crippen molar-refractivity contribution >= 4 is 10.0 Å². The first-order valence-electron chi connectivity index (χ1n) is 4.71. The lowest BCUT2D eigenvalue weighted by Gasteiger charge is -2.04. The quantitative estimate of drug-likeness (QED) is 0.674. The molecule has 1 aromatic rings. The zero-order valence-corrected chi connectivity index (χ0v) is 9.71. The van der Waals surface area contributed by atoms with Crippen LogP contribution in [-0.4, -0.2) is 24.7 Å². The summed E-state index contributed by atoms with van der Waals surface area (Å²) in [6.07, 6.45) is 2.51. The lowest BCUT2D eigenvalue weighted by Crippen LogP contribution is -2.21. The van der Waals surface area contributed by atoms with E-state index in [1.54, 1.807) is 7.05 Å². The molecule has 0 aliphatic heterocycles. The molecule has 86 valence electrons. The van der Waals surface area contributed by atoms with E-state index in [1.807, 2.05) is 6.92 Å². The first-order valence-corrected chi connectivity index (χ1v) is 6.25. The molecule has 0 saturated heterocycles. The second-order valence-electron chi connectivity index (χ2n) is 3.32. The molecule has 0 bridgehead atoms.